The van der Waals surface area contributed by atoms with Crippen LogP contribution in [0.5, 0.6) is 0 Å². The van der Waals surface area contributed by atoms with Crippen molar-refractivity contribution >= 4 is 24.1 Å². The fraction of sp³-hybridized carbons (Fsp3) is 0.361. The molecule has 0 bridgehead atoms. The van der Waals surface area contributed by atoms with Gasteiger partial charge in [0, 0.05) is 54.7 Å². The summed E-state index contributed by atoms with van der Waals surface area (Å²) in [7, 11) is 0. The first-order valence-electron chi connectivity index (χ1n) is 16.9. The number of hydrogen-bond donors (Lipinski definition) is 3. The minimum absolute atomic E-state index is 0.00775. The molecule has 53 heavy (non-hydrogen) atoms. The first-order chi connectivity index (χ1) is 25.1. The number of piperidine rings is 1. The number of hydroxylamine groups is 2. The number of carbonyl (C=O) groups excluding carboxylic acids is 1. The highest BCUT2D eigenvalue weighted by Gasteiger charge is 2.48. The van der Waals surface area contributed by atoms with Crippen LogP contribution in [0.1, 0.15) is 47.7 Å². The normalized spacial score (nSPS) is 22.9. The quantitative estimate of drug-likeness (QED) is 0.146. The fourth-order valence-electron chi connectivity index (χ4n) is 7.44. The number of nitrogens with one attached hydrogen (secondary N) is 2. The molecule has 2 saturated heterocycles. The summed E-state index contributed by atoms with van der Waals surface area (Å²) in [4.78, 5) is 52.1. The van der Waals surface area contributed by atoms with Crippen LogP contribution in [-0.4, -0.2) is 74.3 Å². The Hall–Kier alpha value is -4.08. The van der Waals surface area contributed by atoms with E-state index in [9.17, 15) is 37.0 Å². The summed E-state index contributed by atoms with van der Waals surface area (Å²) in [5.74, 6) is -2.10. The Kier molecular flexibility index (Phi) is 11.5. The van der Waals surface area contributed by atoms with Gasteiger partial charge in [0.2, 0.25) is 0 Å². The summed E-state index contributed by atoms with van der Waals surface area (Å²) >= 11 is 5.61. The SMILES string of the molecule is Cc1cn([C@H]2CN(C(c3ccccc3)(c3ccccc3)c3ccccc3)C[C@H](CC3CC(NC(=O)C(F)(F)F)CCN3OP(=O)(O)Cl)O2)c(=O)[nH]c1=O. The number of carbonyl (C=O) groups is 1. The molecule has 5 atom stereocenters. The lowest BCUT2D eigenvalue weighted by molar-refractivity contribution is -0.179. The zero-order valence-corrected chi connectivity index (χ0v) is 30.1. The molecular formula is C36H38ClF3N5O7P. The Labute approximate surface area is 307 Å². The first kappa shape index (κ1) is 38.6. The summed E-state index contributed by atoms with van der Waals surface area (Å²) in [5, 5.41) is 3.17. The van der Waals surface area contributed by atoms with Crippen molar-refractivity contribution in [2.45, 2.75) is 62.3 Å². The summed E-state index contributed by atoms with van der Waals surface area (Å²) in [6.07, 6.45) is -5.63. The van der Waals surface area contributed by atoms with E-state index in [4.69, 9.17) is 20.6 Å². The summed E-state index contributed by atoms with van der Waals surface area (Å²) in [5.41, 5.74) is 0.677. The van der Waals surface area contributed by atoms with Gasteiger partial charge in [-0.3, -0.25) is 24.0 Å². The first-order valence-corrected chi connectivity index (χ1v) is 19.4. The Morgan fingerprint density at radius 3 is 2.04 bits per heavy atom. The van der Waals surface area contributed by atoms with Crippen molar-refractivity contribution in [3.63, 3.8) is 0 Å². The molecule has 0 spiro atoms. The number of morpholine rings is 1. The number of rotatable bonds is 10. The number of ether oxygens (including phenoxy) is 1. The van der Waals surface area contributed by atoms with E-state index in [1.807, 2.05) is 96.3 Å². The van der Waals surface area contributed by atoms with Crippen LogP contribution in [0.3, 0.4) is 0 Å². The number of aromatic amines is 1. The van der Waals surface area contributed by atoms with Crippen LogP contribution in [0.25, 0.3) is 0 Å². The van der Waals surface area contributed by atoms with E-state index in [0.717, 1.165) is 21.8 Å². The average Bonchev–Trinajstić information content (AvgIpc) is 3.12. The molecule has 0 aliphatic carbocycles. The Morgan fingerprint density at radius 2 is 1.53 bits per heavy atom. The third-order valence-corrected chi connectivity index (χ3v) is 10.2. The Morgan fingerprint density at radius 1 is 0.981 bits per heavy atom. The van der Waals surface area contributed by atoms with E-state index in [2.05, 4.69) is 9.88 Å². The lowest BCUT2D eigenvalue weighted by atomic mass is 9.75. The number of halogens is 4. The van der Waals surface area contributed by atoms with Crippen molar-refractivity contribution in [3.05, 3.63) is 140 Å². The molecule has 3 heterocycles. The zero-order valence-electron chi connectivity index (χ0n) is 28.5. The van der Waals surface area contributed by atoms with Gasteiger partial charge in [-0.1, -0.05) is 91.0 Å². The molecule has 2 aliphatic rings. The predicted molar refractivity (Wildman–Crippen MR) is 190 cm³/mol. The van der Waals surface area contributed by atoms with Crippen LogP contribution in [-0.2, 0) is 24.3 Å². The molecule has 3 unspecified atom stereocenters. The van der Waals surface area contributed by atoms with E-state index in [1.165, 1.54) is 10.8 Å². The van der Waals surface area contributed by atoms with Gasteiger partial charge in [-0.25, -0.2) is 14.0 Å². The molecule has 6 rings (SSSR count). The van der Waals surface area contributed by atoms with Crippen molar-refractivity contribution < 1.29 is 36.8 Å². The maximum absolute atomic E-state index is 13.4. The standard InChI is InChI=1S/C36H38ClF3N5O7P/c1-24-21-44(34(48)42-32(24)46)31-23-43(35(25-11-5-2-6-12-25,26-13-7-3-8-14-26)27-15-9-4-10-16-27)22-30(51-31)20-29-19-28(41-33(47)36(38,39)40)17-18-45(29)52-53(37,49)50/h2-16,21,28-31H,17-20,22-23H2,1H3,(H,41,47)(H,49,50)(H,42,46,48)/t28?,29?,30-,31+/m0/s1. The van der Waals surface area contributed by atoms with Crippen LogP contribution < -0.4 is 16.6 Å². The second-order valence-electron chi connectivity index (χ2n) is 13.2. The van der Waals surface area contributed by atoms with E-state index in [-0.39, 0.29) is 44.5 Å². The monoisotopic (exact) mass is 775 g/mol. The van der Waals surface area contributed by atoms with Crippen LogP contribution in [0, 0.1) is 6.92 Å². The second kappa shape index (κ2) is 15.7. The molecule has 1 aromatic heterocycles. The molecule has 282 valence electrons. The molecule has 0 saturated carbocycles. The highest BCUT2D eigenvalue weighted by atomic mass is 35.7. The van der Waals surface area contributed by atoms with Crippen molar-refractivity contribution in [1.82, 2.24) is 24.8 Å². The van der Waals surface area contributed by atoms with Crippen molar-refractivity contribution in [1.29, 1.82) is 0 Å². The lowest BCUT2D eigenvalue weighted by Crippen LogP contribution is -2.59. The van der Waals surface area contributed by atoms with Gasteiger partial charge < -0.3 is 14.9 Å². The van der Waals surface area contributed by atoms with Crippen LogP contribution >= 0.6 is 18.2 Å². The molecule has 12 nitrogen and oxygen atoms in total. The zero-order chi connectivity index (χ0) is 38.0. The Balaban J connectivity index is 1.47. The molecule has 17 heteroatoms. The van der Waals surface area contributed by atoms with Crippen molar-refractivity contribution in [2.24, 2.45) is 0 Å². The maximum atomic E-state index is 13.4. The van der Waals surface area contributed by atoms with Gasteiger partial charge in [-0.15, -0.1) is 0 Å². The molecule has 1 amide bonds. The molecule has 4 aromatic rings. The van der Waals surface area contributed by atoms with Gasteiger partial charge >= 0.3 is 24.7 Å². The maximum Gasteiger partial charge on any atom is 0.471 e. The molecule has 2 fully saturated rings. The van der Waals surface area contributed by atoms with Gasteiger partial charge in [0.05, 0.1) is 11.6 Å². The molecule has 3 N–H and O–H groups in total. The summed E-state index contributed by atoms with van der Waals surface area (Å²) in [6, 6.07) is 27.4. The highest BCUT2D eigenvalue weighted by Crippen LogP contribution is 2.50. The van der Waals surface area contributed by atoms with Gasteiger partial charge in [0.15, 0.2) is 6.23 Å². The van der Waals surface area contributed by atoms with Gasteiger partial charge in [-0.05, 0) is 42.9 Å². The smallest absolute Gasteiger partial charge is 0.352 e. The third-order valence-electron chi connectivity index (χ3n) is 9.65. The average molecular weight is 776 g/mol. The number of aromatic nitrogens is 2. The van der Waals surface area contributed by atoms with E-state index in [0.29, 0.717) is 0 Å². The minimum atomic E-state index is -5.11. The van der Waals surface area contributed by atoms with Crippen molar-refractivity contribution in [2.75, 3.05) is 19.6 Å². The molecule has 2 aliphatic heterocycles. The van der Waals surface area contributed by atoms with Crippen LogP contribution in [0.2, 0.25) is 0 Å². The number of H-pyrrole nitrogens is 1. The summed E-state index contributed by atoms with van der Waals surface area (Å²) < 4.78 is 65.1. The Bertz CT molecular complexity index is 1950. The number of nitrogens with zero attached hydrogens (tertiary/aromatic N) is 3. The van der Waals surface area contributed by atoms with E-state index >= 15 is 0 Å². The van der Waals surface area contributed by atoms with E-state index < -0.39 is 60.2 Å². The van der Waals surface area contributed by atoms with Gasteiger partial charge in [0.1, 0.15) is 0 Å². The topological polar surface area (TPSA) is 146 Å². The fourth-order valence-corrected chi connectivity index (χ4v) is 8.15. The third kappa shape index (κ3) is 8.68. The molecular weight excluding hydrogens is 738 g/mol. The predicted octanol–water partition coefficient (Wildman–Crippen LogP) is 5.21. The second-order valence-corrected chi connectivity index (χ2v) is 15.5. The van der Waals surface area contributed by atoms with Crippen molar-refractivity contribution in [3.8, 4) is 0 Å². The lowest BCUT2D eigenvalue weighted by Gasteiger charge is -2.51. The minimum Gasteiger partial charge on any atom is -0.352 e. The molecule has 0 radical (unpaired) electrons. The number of amides is 1. The number of benzene rings is 3. The highest BCUT2D eigenvalue weighted by molar-refractivity contribution is 7.80. The van der Waals surface area contributed by atoms with Gasteiger partial charge in [-0.2, -0.15) is 18.2 Å². The van der Waals surface area contributed by atoms with Gasteiger partial charge in [0.25, 0.3) is 5.56 Å². The number of hydrogen-bond acceptors (Lipinski definition) is 8. The van der Waals surface area contributed by atoms with Crippen LogP contribution in [0.4, 0.5) is 13.2 Å². The van der Waals surface area contributed by atoms with E-state index in [1.54, 1.807) is 6.92 Å². The number of aryl methyl sites for hydroxylation is 1. The van der Waals surface area contributed by atoms with Crippen LogP contribution in [0.15, 0.2) is 107 Å². The largest absolute Gasteiger partial charge is 0.471 e. The summed E-state index contributed by atoms with van der Waals surface area (Å²) in [6.45, 7) is -2.89. The molecule has 3 aromatic carbocycles. The number of alkyl halides is 3.